The maximum atomic E-state index is 10.4. The van der Waals surface area contributed by atoms with Gasteiger partial charge in [0.2, 0.25) is 0 Å². The molecule has 4 N–H and O–H groups in total. The van der Waals surface area contributed by atoms with E-state index in [9.17, 15) is 4.79 Å². The molecule has 17 heavy (non-hydrogen) atoms. The molecule has 0 fully saturated rings. The van der Waals surface area contributed by atoms with Gasteiger partial charge in [-0.05, 0) is 31.0 Å². The third kappa shape index (κ3) is 4.42. The smallest absolute Gasteiger partial charge is 0.317 e. The number of nitrogens with one attached hydrogen (secondary N) is 1. The highest BCUT2D eigenvalue weighted by Crippen LogP contribution is 2.28. The van der Waals surface area contributed by atoms with Gasteiger partial charge in [-0.15, -0.1) is 0 Å². The number of aliphatic carboxylic acids is 1. The van der Waals surface area contributed by atoms with Crippen LogP contribution < -0.4 is 11.1 Å². The first-order valence-electron chi connectivity index (χ1n) is 5.08. The summed E-state index contributed by atoms with van der Waals surface area (Å²) in [6.07, 6.45) is 0.551. The largest absolute Gasteiger partial charge is 0.480 e. The van der Waals surface area contributed by atoms with E-state index in [2.05, 4.69) is 5.32 Å². The van der Waals surface area contributed by atoms with Crippen LogP contribution in [-0.4, -0.2) is 23.7 Å². The van der Waals surface area contributed by atoms with Crippen LogP contribution in [-0.2, 0) is 11.2 Å². The Morgan fingerprint density at radius 2 is 2.18 bits per heavy atom. The molecule has 0 aliphatic carbocycles. The molecule has 1 aromatic rings. The summed E-state index contributed by atoms with van der Waals surface area (Å²) in [6, 6.07) is 3.22. The summed E-state index contributed by atoms with van der Waals surface area (Å²) in [7, 11) is 0. The lowest BCUT2D eigenvalue weighted by molar-refractivity contribution is -0.136. The monoisotopic (exact) mass is 276 g/mol. The van der Waals surface area contributed by atoms with Crippen LogP contribution in [0.25, 0.3) is 0 Å². The van der Waals surface area contributed by atoms with Crippen molar-refractivity contribution in [1.82, 2.24) is 5.32 Å². The first-order chi connectivity index (χ1) is 7.90. The van der Waals surface area contributed by atoms with E-state index in [1.54, 1.807) is 12.1 Å². The molecule has 0 radical (unpaired) electrons. The maximum Gasteiger partial charge on any atom is 0.317 e. The van der Waals surface area contributed by atoms with Crippen molar-refractivity contribution in [2.75, 3.05) is 12.3 Å². The number of nitrogens with two attached hydrogens (primary N) is 1. The Hall–Kier alpha value is -0.970. The number of carboxylic acids is 1. The number of hydrogen-bond acceptors (Lipinski definition) is 3. The fourth-order valence-electron chi connectivity index (χ4n) is 1.48. The number of halogens is 2. The summed E-state index contributed by atoms with van der Waals surface area (Å²) in [5.74, 6) is -0.896. The van der Waals surface area contributed by atoms with Gasteiger partial charge in [0, 0.05) is 21.8 Å². The van der Waals surface area contributed by atoms with Crippen molar-refractivity contribution in [3.05, 3.63) is 27.7 Å². The topological polar surface area (TPSA) is 75.3 Å². The highest BCUT2D eigenvalue weighted by atomic mass is 35.5. The molecule has 0 aromatic heterocycles. The highest BCUT2D eigenvalue weighted by molar-refractivity contribution is 6.35. The van der Waals surface area contributed by atoms with Gasteiger partial charge in [0.15, 0.2) is 0 Å². The zero-order valence-corrected chi connectivity index (χ0v) is 10.8. The second-order valence-corrected chi connectivity index (χ2v) is 4.68. The molecule has 1 atom stereocenters. The molecule has 0 aliphatic rings. The van der Waals surface area contributed by atoms with Gasteiger partial charge in [0.1, 0.15) is 0 Å². The van der Waals surface area contributed by atoms with Crippen LogP contribution in [0.4, 0.5) is 5.69 Å². The SMILES string of the molecule is CC(Cc1c(N)cc(Cl)cc1Cl)NCC(=O)O. The number of nitrogen functional groups attached to an aromatic ring is 1. The van der Waals surface area contributed by atoms with Gasteiger partial charge in [-0.2, -0.15) is 0 Å². The van der Waals surface area contributed by atoms with Gasteiger partial charge in [0.25, 0.3) is 0 Å². The van der Waals surface area contributed by atoms with E-state index in [-0.39, 0.29) is 12.6 Å². The number of carbonyl (C=O) groups is 1. The van der Waals surface area contributed by atoms with Gasteiger partial charge in [-0.3, -0.25) is 4.79 Å². The Morgan fingerprint density at radius 3 is 2.71 bits per heavy atom. The molecule has 0 amide bonds. The fraction of sp³-hybridized carbons (Fsp3) is 0.364. The summed E-state index contributed by atoms with van der Waals surface area (Å²) >= 11 is 11.8. The third-order valence-electron chi connectivity index (χ3n) is 2.31. The summed E-state index contributed by atoms with van der Waals surface area (Å²) in [5.41, 5.74) is 7.11. The lowest BCUT2D eigenvalue weighted by atomic mass is 10.1. The standard InChI is InChI=1S/C11H14Cl2N2O2/c1-6(15-5-11(16)17)2-8-9(13)3-7(12)4-10(8)14/h3-4,6,15H,2,5,14H2,1H3,(H,16,17). The fourth-order valence-corrected chi connectivity index (χ4v) is 2.06. The number of anilines is 1. The second-order valence-electron chi connectivity index (χ2n) is 3.84. The van der Waals surface area contributed by atoms with Crippen LogP contribution in [0, 0.1) is 0 Å². The first-order valence-corrected chi connectivity index (χ1v) is 5.84. The average Bonchev–Trinajstić information content (AvgIpc) is 2.20. The molecule has 0 spiro atoms. The summed E-state index contributed by atoms with van der Waals surface area (Å²) < 4.78 is 0. The molecule has 94 valence electrons. The van der Waals surface area contributed by atoms with Crippen molar-refractivity contribution >= 4 is 34.9 Å². The Balaban J connectivity index is 2.71. The molecule has 1 rings (SSSR count). The average molecular weight is 277 g/mol. The van der Waals surface area contributed by atoms with Crippen LogP contribution in [0.1, 0.15) is 12.5 Å². The predicted molar refractivity (Wildman–Crippen MR) is 69.7 cm³/mol. The third-order valence-corrected chi connectivity index (χ3v) is 2.86. The van der Waals surface area contributed by atoms with E-state index in [4.69, 9.17) is 34.0 Å². The van der Waals surface area contributed by atoms with Gasteiger partial charge >= 0.3 is 5.97 Å². The van der Waals surface area contributed by atoms with Gasteiger partial charge in [-0.25, -0.2) is 0 Å². The van der Waals surface area contributed by atoms with E-state index >= 15 is 0 Å². The van der Waals surface area contributed by atoms with E-state index in [1.807, 2.05) is 6.92 Å². The van der Waals surface area contributed by atoms with Crippen molar-refractivity contribution in [2.24, 2.45) is 0 Å². The Labute approximate surface area is 110 Å². The van der Waals surface area contributed by atoms with Crippen LogP contribution in [0.15, 0.2) is 12.1 Å². The quantitative estimate of drug-likeness (QED) is 0.721. The molecule has 0 aliphatic heterocycles. The molecule has 0 heterocycles. The number of carboxylic acid groups (broad SMARTS) is 1. The molecule has 4 nitrogen and oxygen atoms in total. The minimum absolute atomic E-state index is 0.0351. The number of hydrogen-bond donors (Lipinski definition) is 3. The van der Waals surface area contributed by atoms with Crippen LogP contribution in [0.5, 0.6) is 0 Å². The van der Waals surface area contributed by atoms with Crippen LogP contribution >= 0.6 is 23.2 Å². The molecule has 1 aromatic carbocycles. The van der Waals surface area contributed by atoms with Gasteiger partial charge < -0.3 is 16.2 Å². The molecule has 1 unspecified atom stereocenters. The van der Waals surface area contributed by atoms with Crippen LogP contribution in [0.3, 0.4) is 0 Å². The predicted octanol–water partition coefficient (Wildman–Crippen LogP) is 2.18. The number of benzene rings is 1. The Bertz CT molecular complexity index is 401. The van der Waals surface area contributed by atoms with Crippen molar-refractivity contribution in [1.29, 1.82) is 0 Å². The maximum absolute atomic E-state index is 10.4. The Kier molecular flexibility index (Phi) is 5.05. The molecule has 0 bridgehead atoms. The molecular weight excluding hydrogens is 263 g/mol. The zero-order chi connectivity index (χ0) is 13.0. The van der Waals surface area contributed by atoms with Crippen molar-refractivity contribution in [3.63, 3.8) is 0 Å². The van der Waals surface area contributed by atoms with Crippen molar-refractivity contribution < 1.29 is 9.90 Å². The minimum Gasteiger partial charge on any atom is -0.480 e. The molecule has 0 saturated carbocycles. The van der Waals surface area contributed by atoms with E-state index in [1.165, 1.54) is 0 Å². The highest BCUT2D eigenvalue weighted by Gasteiger charge is 2.11. The molecule has 0 saturated heterocycles. The van der Waals surface area contributed by atoms with Crippen LogP contribution in [0.2, 0.25) is 10.0 Å². The lowest BCUT2D eigenvalue weighted by Gasteiger charge is -2.15. The van der Waals surface area contributed by atoms with Crippen molar-refractivity contribution in [3.8, 4) is 0 Å². The second kappa shape index (κ2) is 6.10. The normalized spacial score (nSPS) is 12.4. The summed E-state index contributed by atoms with van der Waals surface area (Å²) in [5, 5.41) is 12.4. The van der Waals surface area contributed by atoms with E-state index in [0.29, 0.717) is 22.2 Å². The van der Waals surface area contributed by atoms with E-state index < -0.39 is 5.97 Å². The minimum atomic E-state index is -0.896. The first kappa shape index (κ1) is 14.1. The summed E-state index contributed by atoms with van der Waals surface area (Å²) in [4.78, 5) is 10.4. The van der Waals surface area contributed by atoms with Gasteiger partial charge in [-0.1, -0.05) is 23.2 Å². The molecule has 6 heteroatoms. The lowest BCUT2D eigenvalue weighted by Crippen LogP contribution is -2.33. The molecular formula is C11H14Cl2N2O2. The summed E-state index contributed by atoms with van der Waals surface area (Å²) in [6.45, 7) is 1.78. The number of rotatable bonds is 5. The zero-order valence-electron chi connectivity index (χ0n) is 9.34. The Morgan fingerprint density at radius 1 is 1.53 bits per heavy atom. The van der Waals surface area contributed by atoms with E-state index in [0.717, 1.165) is 5.56 Å². The van der Waals surface area contributed by atoms with Crippen molar-refractivity contribution in [2.45, 2.75) is 19.4 Å². The van der Waals surface area contributed by atoms with Gasteiger partial charge in [0.05, 0.1) is 6.54 Å².